The Hall–Kier alpha value is -2.96. The normalized spacial score (nSPS) is 16.2. The highest BCUT2D eigenvalue weighted by atomic mass is 35.5. The highest BCUT2D eigenvalue weighted by molar-refractivity contribution is 7.07. The van der Waals surface area contributed by atoms with E-state index in [4.69, 9.17) is 16.3 Å². The molecule has 3 aromatic rings. The van der Waals surface area contributed by atoms with E-state index < -0.39 is 12.0 Å². The fourth-order valence-corrected chi connectivity index (χ4v) is 4.74. The molecular weight excluding hydrogens is 420 g/mol. The van der Waals surface area contributed by atoms with Gasteiger partial charge in [-0.1, -0.05) is 65.4 Å². The minimum Gasteiger partial charge on any atom is -0.463 e. The van der Waals surface area contributed by atoms with Crippen LogP contribution in [0.25, 0.3) is 6.08 Å². The molecule has 2 aromatic carbocycles. The molecular formula is C23H19ClN2O3S. The predicted octanol–water partition coefficient (Wildman–Crippen LogP) is 3.45. The van der Waals surface area contributed by atoms with Gasteiger partial charge in [-0.05, 0) is 43.2 Å². The van der Waals surface area contributed by atoms with Gasteiger partial charge in [-0.2, -0.15) is 0 Å². The minimum absolute atomic E-state index is 0.207. The van der Waals surface area contributed by atoms with E-state index >= 15 is 0 Å². The number of hydrogen-bond acceptors (Lipinski definition) is 5. The Morgan fingerprint density at radius 3 is 2.70 bits per heavy atom. The maximum Gasteiger partial charge on any atom is 0.338 e. The van der Waals surface area contributed by atoms with Gasteiger partial charge < -0.3 is 4.74 Å². The number of aromatic nitrogens is 1. The summed E-state index contributed by atoms with van der Waals surface area (Å²) in [5.74, 6) is -0.461. The third kappa shape index (κ3) is 3.76. The van der Waals surface area contributed by atoms with Gasteiger partial charge >= 0.3 is 5.97 Å². The first-order valence-corrected chi connectivity index (χ1v) is 10.7. The van der Waals surface area contributed by atoms with Crippen molar-refractivity contribution in [1.29, 1.82) is 0 Å². The number of ether oxygens (including phenoxy) is 1. The number of halogens is 1. The van der Waals surface area contributed by atoms with Crippen molar-refractivity contribution >= 4 is 35.0 Å². The van der Waals surface area contributed by atoms with E-state index in [0.29, 0.717) is 25.6 Å². The van der Waals surface area contributed by atoms with Gasteiger partial charge in [0.05, 0.1) is 28.5 Å². The molecule has 0 N–H and O–H groups in total. The summed E-state index contributed by atoms with van der Waals surface area (Å²) in [6.45, 7) is 3.78. The summed E-state index contributed by atoms with van der Waals surface area (Å²) >= 11 is 7.37. The largest absolute Gasteiger partial charge is 0.463 e. The van der Waals surface area contributed by atoms with Gasteiger partial charge in [0, 0.05) is 5.02 Å². The molecule has 0 amide bonds. The Bertz CT molecular complexity index is 1320. The average Bonchev–Trinajstić information content (AvgIpc) is 3.02. The summed E-state index contributed by atoms with van der Waals surface area (Å²) in [6.07, 6.45) is 1.79. The number of nitrogens with zero attached hydrogens (tertiary/aromatic N) is 2. The number of benzene rings is 2. The first kappa shape index (κ1) is 20.3. The lowest BCUT2D eigenvalue weighted by Crippen LogP contribution is -2.39. The van der Waals surface area contributed by atoms with Crippen LogP contribution in [-0.2, 0) is 9.53 Å². The smallest absolute Gasteiger partial charge is 0.338 e. The topological polar surface area (TPSA) is 60.7 Å². The summed E-state index contributed by atoms with van der Waals surface area (Å²) in [5, 5.41) is 0.596. The zero-order valence-electron chi connectivity index (χ0n) is 16.5. The monoisotopic (exact) mass is 438 g/mol. The van der Waals surface area contributed by atoms with Gasteiger partial charge in [-0.25, -0.2) is 9.79 Å². The van der Waals surface area contributed by atoms with Crippen LogP contribution < -0.4 is 14.9 Å². The lowest BCUT2D eigenvalue weighted by atomic mass is 9.96. The van der Waals surface area contributed by atoms with E-state index in [-0.39, 0.29) is 12.2 Å². The van der Waals surface area contributed by atoms with Gasteiger partial charge in [-0.3, -0.25) is 9.36 Å². The highest BCUT2D eigenvalue weighted by Crippen LogP contribution is 2.30. The van der Waals surface area contributed by atoms with Crippen molar-refractivity contribution in [3.63, 3.8) is 0 Å². The van der Waals surface area contributed by atoms with E-state index in [1.54, 1.807) is 36.6 Å². The van der Waals surface area contributed by atoms with Gasteiger partial charge in [0.2, 0.25) is 0 Å². The molecule has 0 aliphatic carbocycles. The van der Waals surface area contributed by atoms with Gasteiger partial charge in [-0.15, -0.1) is 0 Å². The molecule has 0 radical (unpaired) electrons. The van der Waals surface area contributed by atoms with Gasteiger partial charge in [0.1, 0.15) is 0 Å². The first-order valence-electron chi connectivity index (χ1n) is 9.49. The quantitative estimate of drug-likeness (QED) is 0.586. The molecule has 0 unspecified atom stereocenters. The fourth-order valence-electron chi connectivity index (χ4n) is 3.49. The average molecular weight is 439 g/mol. The van der Waals surface area contributed by atoms with Crippen molar-refractivity contribution < 1.29 is 9.53 Å². The van der Waals surface area contributed by atoms with Crippen LogP contribution in [0.1, 0.15) is 31.0 Å². The van der Waals surface area contributed by atoms with E-state index in [1.807, 2.05) is 42.5 Å². The van der Waals surface area contributed by atoms with Crippen LogP contribution in [0.4, 0.5) is 0 Å². The maximum absolute atomic E-state index is 13.4. The highest BCUT2D eigenvalue weighted by Gasteiger charge is 2.33. The van der Waals surface area contributed by atoms with E-state index in [0.717, 1.165) is 11.1 Å². The SMILES string of the molecule is CCOC(=O)C1=C(C)N=c2s/c(=C/c3cccc(Cl)c3)c(=O)n2[C@H]1c1ccccc1. The number of allylic oxidation sites excluding steroid dienone is 1. The molecule has 1 aliphatic rings. The van der Waals surface area contributed by atoms with Crippen LogP contribution in [0.2, 0.25) is 5.02 Å². The third-order valence-corrected chi connectivity index (χ3v) is 6.00. The number of carbonyl (C=O) groups excluding carboxylic acids is 1. The lowest BCUT2D eigenvalue weighted by Gasteiger charge is -2.24. The molecule has 5 nitrogen and oxygen atoms in total. The molecule has 0 fully saturated rings. The van der Waals surface area contributed by atoms with Crippen LogP contribution in [0.3, 0.4) is 0 Å². The second kappa shape index (κ2) is 8.42. The Labute approximate surface area is 182 Å². The summed E-state index contributed by atoms with van der Waals surface area (Å²) in [5.41, 5.74) is 2.38. The number of esters is 1. The second-order valence-corrected chi connectivity index (χ2v) is 8.21. The second-order valence-electron chi connectivity index (χ2n) is 6.77. The number of carbonyl (C=O) groups is 1. The summed E-state index contributed by atoms with van der Waals surface area (Å²) in [6, 6.07) is 16.2. The van der Waals surface area contributed by atoms with Crippen LogP contribution in [0, 0.1) is 0 Å². The van der Waals surface area contributed by atoms with Crippen molar-refractivity contribution in [3.05, 3.63) is 102 Å². The Balaban J connectivity index is 1.96. The molecule has 152 valence electrons. The number of rotatable bonds is 4. The first-order chi connectivity index (χ1) is 14.5. The van der Waals surface area contributed by atoms with Crippen LogP contribution in [0.5, 0.6) is 0 Å². The number of thiazole rings is 1. The molecule has 0 bridgehead atoms. The molecule has 4 rings (SSSR count). The minimum atomic E-state index is -0.594. The van der Waals surface area contributed by atoms with Crippen LogP contribution in [-0.4, -0.2) is 17.1 Å². The van der Waals surface area contributed by atoms with Crippen molar-refractivity contribution in [2.45, 2.75) is 19.9 Å². The van der Waals surface area contributed by atoms with Crippen molar-refractivity contribution in [1.82, 2.24) is 4.57 Å². The van der Waals surface area contributed by atoms with Gasteiger partial charge in [0.15, 0.2) is 4.80 Å². The van der Waals surface area contributed by atoms with Crippen molar-refractivity contribution in [2.75, 3.05) is 6.61 Å². The van der Waals surface area contributed by atoms with Crippen molar-refractivity contribution in [3.8, 4) is 0 Å². The molecule has 7 heteroatoms. The number of hydrogen-bond donors (Lipinski definition) is 0. The number of fused-ring (bicyclic) bond motifs is 1. The lowest BCUT2D eigenvalue weighted by molar-refractivity contribution is -0.139. The predicted molar refractivity (Wildman–Crippen MR) is 118 cm³/mol. The third-order valence-electron chi connectivity index (χ3n) is 4.78. The van der Waals surface area contributed by atoms with E-state index in [1.165, 1.54) is 11.3 Å². The molecule has 1 aliphatic heterocycles. The van der Waals surface area contributed by atoms with E-state index in [2.05, 4.69) is 4.99 Å². The summed E-state index contributed by atoms with van der Waals surface area (Å²) in [4.78, 5) is 31.3. The van der Waals surface area contributed by atoms with Crippen LogP contribution in [0.15, 0.2) is 75.7 Å². The summed E-state index contributed by atoms with van der Waals surface area (Å²) in [7, 11) is 0. The Morgan fingerprint density at radius 1 is 1.23 bits per heavy atom. The fraction of sp³-hybridized carbons (Fsp3) is 0.174. The van der Waals surface area contributed by atoms with Gasteiger partial charge in [0.25, 0.3) is 5.56 Å². The van der Waals surface area contributed by atoms with E-state index in [9.17, 15) is 9.59 Å². The molecule has 0 saturated carbocycles. The zero-order valence-corrected chi connectivity index (χ0v) is 18.0. The Morgan fingerprint density at radius 2 is 2.00 bits per heavy atom. The molecule has 0 spiro atoms. The molecule has 1 aromatic heterocycles. The molecule has 1 atom stereocenters. The maximum atomic E-state index is 13.4. The molecule has 2 heterocycles. The summed E-state index contributed by atoms with van der Waals surface area (Å²) < 4.78 is 7.38. The standard InChI is InChI=1S/C23H19ClN2O3S/c1-3-29-22(28)19-14(2)25-23-26(20(19)16-9-5-4-6-10-16)21(27)18(30-23)13-15-8-7-11-17(24)12-15/h4-13,20H,3H2,1-2H3/b18-13+/t20-/m0/s1. The molecule has 30 heavy (non-hydrogen) atoms. The Kier molecular flexibility index (Phi) is 5.70. The zero-order chi connectivity index (χ0) is 21.3. The van der Waals surface area contributed by atoms with Crippen molar-refractivity contribution in [2.24, 2.45) is 4.99 Å². The van der Waals surface area contributed by atoms with Crippen LogP contribution >= 0.6 is 22.9 Å². The molecule has 0 saturated heterocycles.